The highest BCUT2D eigenvalue weighted by atomic mass is 16.2. The molecular formula is C19H22N4O2. The molecule has 1 atom stereocenters. The smallest absolute Gasteiger partial charge is 0.315 e. The number of carbonyl (C=O) groups is 2. The number of hydrogen-bond donors (Lipinski definition) is 2. The average molecular weight is 338 g/mol. The average Bonchev–Trinajstić information content (AvgIpc) is 2.96. The molecule has 1 fully saturated rings. The minimum Gasteiger partial charge on any atom is -0.334 e. The molecule has 0 unspecified atom stereocenters. The summed E-state index contributed by atoms with van der Waals surface area (Å²) in [6.45, 7) is 4.96. The first-order chi connectivity index (χ1) is 12.0. The van der Waals surface area contributed by atoms with Crippen molar-refractivity contribution in [3.63, 3.8) is 0 Å². The van der Waals surface area contributed by atoms with Gasteiger partial charge < -0.3 is 15.5 Å². The Hall–Kier alpha value is -2.89. The zero-order valence-corrected chi connectivity index (χ0v) is 14.5. The minimum absolute atomic E-state index is 0.0285. The van der Waals surface area contributed by atoms with Crippen LogP contribution >= 0.6 is 0 Å². The highest BCUT2D eigenvalue weighted by Crippen LogP contribution is 2.24. The molecule has 0 aliphatic carbocycles. The molecule has 0 radical (unpaired) electrons. The van der Waals surface area contributed by atoms with E-state index < -0.39 is 0 Å². The topological polar surface area (TPSA) is 74.3 Å². The summed E-state index contributed by atoms with van der Waals surface area (Å²) in [6, 6.07) is 9.23. The van der Waals surface area contributed by atoms with Gasteiger partial charge in [0, 0.05) is 37.6 Å². The van der Waals surface area contributed by atoms with Crippen molar-refractivity contribution in [1.82, 2.24) is 15.6 Å². The number of urea groups is 1. The first kappa shape index (κ1) is 17.0. The van der Waals surface area contributed by atoms with E-state index >= 15 is 0 Å². The molecule has 2 aromatic rings. The van der Waals surface area contributed by atoms with Crippen molar-refractivity contribution in [2.24, 2.45) is 0 Å². The lowest BCUT2D eigenvalue weighted by Crippen LogP contribution is -2.43. The predicted octanol–water partition coefficient (Wildman–Crippen LogP) is 2.30. The van der Waals surface area contributed by atoms with Gasteiger partial charge in [-0.25, -0.2) is 4.79 Å². The Bertz CT molecular complexity index is 776. The highest BCUT2D eigenvalue weighted by Gasteiger charge is 2.31. The molecule has 0 bridgehead atoms. The normalized spacial score (nSPS) is 16.8. The third-order valence-electron chi connectivity index (χ3n) is 4.44. The quantitative estimate of drug-likeness (QED) is 0.898. The van der Waals surface area contributed by atoms with Gasteiger partial charge >= 0.3 is 6.03 Å². The molecule has 6 heteroatoms. The van der Waals surface area contributed by atoms with Crippen LogP contribution in [0.1, 0.15) is 23.1 Å². The van der Waals surface area contributed by atoms with E-state index in [0.717, 1.165) is 16.8 Å². The molecule has 3 amide bonds. The van der Waals surface area contributed by atoms with E-state index in [4.69, 9.17) is 0 Å². The molecule has 25 heavy (non-hydrogen) atoms. The fourth-order valence-electron chi connectivity index (χ4n) is 2.87. The Morgan fingerprint density at radius 1 is 1.28 bits per heavy atom. The van der Waals surface area contributed by atoms with Crippen LogP contribution in [0.3, 0.4) is 0 Å². The van der Waals surface area contributed by atoms with Crippen LogP contribution in [0.15, 0.2) is 42.7 Å². The standard InChI is InChI=1S/C19H22N4O2/c1-13-5-6-17(8-14(13)2)23-12-16(9-18(23)24)22-19(25)21-11-15-4-3-7-20-10-15/h3-8,10,16H,9,11-12H2,1-2H3,(H2,21,22,25)/t16-/m1/s1. The van der Waals surface area contributed by atoms with Gasteiger partial charge in [-0.1, -0.05) is 12.1 Å². The van der Waals surface area contributed by atoms with Crippen molar-refractivity contribution in [2.75, 3.05) is 11.4 Å². The number of aryl methyl sites for hydroxylation is 2. The second-order valence-corrected chi connectivity index (χ2v) is 6.36. The number of anilines is 1. The number of nitrogens with zero attached hydrogens (tertiary/aromatic N) is 2. The van der Waals surface area contributed by atoms with Crippen molar-refractivity contribution < 1.29 is 9.59 Å². The van der Waals surface area contributed by atoms with Crippen LogP contribution < -0.4 is 15.5 Å². The molecule has 1 aliphatic heterocycles. The van der Waals surface area contributed by atoms with Gasteiger partial charge in [0.05, 0.1) is 6.04 Å². The van der Waals surface area contributed by atoms with Gasteiger partial charge in [0.2, 0.25) is 5.91 Å². The molecule has 1 aromatic heterocycles. The van der Waals surface area contributed by atoms with Gasteiger partial charge in [-0.2, -0.15) is 0 Å². The number of hydrogen-bond acceptors (Lipinski definition) is 3. The summed E-state index contributed by atoms with van der Waals surface area (Å²) < 4.78 is 0. The second-order valence-electron chi connectivity index (χ2n) is 6.36. The zero-order valence-electron chi connectivity index (χ0n) is 14.5. The fraction of sp³-hybridized carbons (Fsp3) is 0.316. The number of aromatic nitrogens is 1. The summed E-state index contributed by atoms with van der Waals surface area (Å²) in [5.74, 6) is 0.0285. The maximum absolute atomic E-state index is 12.3. The summed E-state index contributed by atoms with van der Waals surface area (Å²) in [4.78, 5) is 30.1. The third-order valence-corrected chi connectivity index (χ3v) is 4.44. The number of pyridine rings is 1. The van der Waals surface area contributed by atoms with E-state index in [1.165, 1.54) is 5.56 Å². The maximum atomic E-state index is 12.3. The van der Waals surface area contributed by atoms with Crippen LogP contribution in [0.5, 0.6) is 0 Å². The minimum atomic E-state index is -0.274. The molecule has 2 N–H and O–H groups in total. The lowest BCUT2D eigenvalue weighted by Gasteiger charge is -2.18. The molecule has 2 heterocycles. The molecule has 130 valence electrons. The van der Waals surface area contributed by atoms with E-state index in [1.54, 1.807) is 17.3 Å². The Morgan fingerprint density at radius 3 is 2.84 bits per heavy atom. The molecular weight excluding hydrogens is 316 g/mol. The maximum Gasteiger partial charge on any atom is 0.315 e. The molecule has 0 saturated carbocycles. The largest absolute Gasteiger partial charge is 0.334 e. The first-order valence-corrected chi connectivity index (χ1v) is 8.34. The van der Waals surface area contributed by atoms with Crippen LogP contribution in [0.25, 0.3) is 0 Å². The molecule has 0 spiro atoms. The van der Waals surface area contributed by atoms with Crippen molar-refractivity contribution in [2.45, 2.75) is 32.9 Å². The van der Waals surface area contributed by atoms with Crippen molar-refractivity contribution >= 4 is 17.6 Å². The Balaban J connectivity index is 1.55. The van der Waals surface area contributed by atoms with Crippen molar-refractivity contribution in [3.05, 3.63) is 59.4 Å². The highest BCUT2D eigenvalue weighted by molar-refractivity contribution is 5.96. The molecule has 6 nitrogen and oxygen atoms in total. The lowest BCUT2D eigenvalue weighted by molar-refractivity contribution is -0.117. The number of benzene rings is 1. The molecule has 1 aromatic carbocycles. The predicted molar refractivity (Wildman–Crippen MR) is 96.3 cm³/mol. The number of carbonyl (C=O) groups excluding carboxylic acids is 2. The van der Waals surface area contributed by atoms with Gasteiger partial charge in [-0.05, 0) is 48.7 Å². The second kappa shape index (κ2) is 7.34. The van der Waals surface area contributed by atoms with E-state index in [0.29, 0.717) is 19.5 Å². The van der Waals surface area contributed by atoms with Crippen LogP contribution in [0.2, 0.25) is 0 Å². The Morgan fingerprint density at radius 2 is 2.12 bits per heavy atom. The van der Waals surface area contributed by atoms with Crippen LogP contribution in [-0.4, -0.2) is 29.5 Å². The third kappa shape index (κ3) is 4.15. The fourth-order valence-corrected chi connectivity index (χ4v) is 2.87. The molecule has 1 saturated heterocycles. The van der Waals surface area contributed by atoms with Gasteiger partial charge in [-0.3, -0.25) is 9.78 Å². The van der Waals surface area contributed by atoms with Crippen molar-refractivity contribution in [3.8, 4) is 0 Å². The molecule has 1 aliphatic rings. The van der Waals surface area contributed by atoms with Crippen LogP contribution in [0, 0.1) is 13.8 Å². The van der Waals surface area contributed by atoms with E-state index in [9.17, 15) is 9.59 Å². The lowest BCUT2D eigenvalue weighted by atomic mass is 10.1. The SMILES string of the molecule is Cc1ccc(N2C[C@H](NC(=O)NCc3cccnc3)CC2=O)cc1C. The van der Waals surface area contributed by atoms with Crippen LogP contribution in [-0.2, 0) is 11.3 Å². The number of rotatable bonds is 4. The van der Waals surface area contributed by atoms with Crippen molar-refractivity contribution in [1.29, 1.82) is 0 Å². The summed E-state index contributed by atoms with van der Waals surface area (Å²) in [7, 11) is 0. The Labute approximate surface area is 147 Å². The first-order valence-electron chi connectivity index (χ1n) is 8.34. The summed E-state index contributed by atoms with van der Waals surface area (Å²) >= 11 is 0. The summed E-state index contributed by atoms with van der Waals surface area (Å²) in [6.07, 6.45) is 3.71. The van der Waals surface area contributed by atoms with E-state index in [-0.39, 0.29) is 18.0 Å². The number of nitrogens with one attached hydrogen (secondary N) is 2. The van der Waals surface area contributed by atoms with Gasteiger partial charge in [-0.15, -0.1) is 0 Å². The molecule has 3 rings (SSSR count). The van der Waals surface area contributed by atoms with Gasteiger partial charge in [0.1, 0.15) is 0 Å². The Kier molecular flexibility index (Phi) is 4.97. The van der Waals surface area contributed by atoms with E-state index in [1.807, 2.05) is 44.2 Å². The van der Waals surface area contributed by atoms with E-state index in [2.05, 4.69) is 15.6 Å². The van der Waals surface area contributed by atoms with Gasteiger partial charge in [0.15, 0.2) is 0 Å². The monoisotopic (exact) mass is 338 g/mol. The number of amides is 3. The van der Waals surface area contributed by atoms with Gasteiger partial charge in [0.25, 0.3) is 0 Å². The summed E-state index contributed by atoms with van der Waals surface area (Å²) in [5, 5.41) is 5.66. The van der Waals surface area contributed by atoms with Crippen LogP contribution in [0.4, 0.5) is 10.5 Å². The summed E-state index contributed by atoms with van der Waals surface area (Å²) in [5.41, 5.74) is 4.15. The zero-order chi connectivity index (χ0) is 17.8.